The van der Waals surface area contributed by atoms with Crippen LogP contribution in [0.2, 0.25) is 0 Å². The second-order valence-corrected chi connectivity index (χ2v) is 18.7. The van der Waals surface area contributed by atoms with E-state index in [0.717, 1.165) is 17.1 Å². The van der Waals surface area contributed by atoms with E-state index in [4.69, 9.17) is 0 Å². The van der Waals surface area contributed by atoms with Crippen molar-refractivity contribution in [3.8, 4) is 39.1 Å². The second-order valence-electron chi connectivity index (χ2n) is 18.7. The van der Waals surface area contributed by atoms with E-state index in [-0.39, 0.29) is 10.8 Å². The van der Waals surface area contributed by atoms with Crippen molar-refractivity contribution in [1.82, 2.24) is 4.57 Å². The van der Waals surface area contributed by atoms with Crippen LogP contribution >= 0.6 is 0 Å². The highest BCUT2D eigenvalue weighted by Gasteiger charge is 2.24. The van der Waals surface area contributed by atoms with E-state index in [9.17, 15) is 0 Å². The molecule has 1 aromatic heterocycles. The molecule has 0 spiro atoms. The molecule has 2 heteroatoms. The summed E-state index contributed by atoms with van der Waals surface area (Å²) < 4.78 is 2.49. The fourth-order valence-corrected chi connectivity index (χ4v) is 8.99. The smallest absolute Gasteiger partial charge is 0.0550 e. The maximum Gasteiger partial charge on any atom is 0.0550 e. The van der Waals surface area contributed by atoms with Crippen molar-refractivity contribution in [2.45, 2.75) is 52.4 Å². The largest absolute Gasteiger partial charge is 0.310 e. The van der Waals surface area contributed by atoms with Crippen LogP contribution in [0.4, 0.5) is 17.1 Å². The van der Waals surface area contributed by atoms with Crippen molar-refractivity contribution in [2.75, 3.05) is 4.90 Å². The van der Waals surface area contributed by atoms with Gasteiger partial charge in [0.05, 0.1) is 11.0 Å². The lowest BCUT2D eigenvalue weighted by molar-refractivity contribution is 0.591. The van der Waals surface area contributed by atoms with Crippen LogP contribution < -0.4 is 4.90 Å². The first-order valence-corrected chi connectivity index (χ1v) is 21.8. The molecule has 0 unspecified atom stereocenters. The van der Waals surface area contributed by atoms with Crippen LogP contribution in [0.3, 0.4) is 0 Å². The van der Waals surface area contributed by atoms with Gasteiger partial charge in [-0.05, 0) is 139 Å². The Bertz CT molecular complexity index is 3210. The minimum absolute atomic E-state index is 0.0102. The predicted molar refractivity (Wildman–Crippen MR) is 267 cm³/mol. The van der Waals surface area contributed by atoms with Gasteiger partial charge >= 0.3 is 0 Å². The molecular formula is C60H52N2. The van der Waals surface area contributed by atoms with Crippen molar-refractivity contribution < 1.29 is 0 Å². The molecule has 10 rings (SSSR count). The fourth-order valence-electron chi connectivity index (χ4n) is 8.99. The molecule has 0 fully saturated rings. The Morgan fingerprint density at radius 2 is 0.903 bits per heavy atom. The zero-order valence-corrected chi connectivity index (χ0v) is 36.5. The summed E-state index contributed by atoms with van der Waals surface area (Å²) in [6.45, 7) is 13.9. The van der Waals surface area contributed by atoms with Gasteiger partial charge in [-0.3, -0.25) is 0 Å². The molecule has 0 radical (unpaired) electrons. The number of anilines is 3. The van der Waals surface area contributed by atoms with Crippen LogP contribution in [-0.4, -0.2) is 4.57 Å². The number of aromatic nitrogens is 1. The summed E-state index contributed by atoms with van der Waals surface area (Å²) in [6.07, 6.45) is 0. The number of hydrogen-bond donors (Lipinski definition) is 0. The third-order valence-electron chi connectivity index (χ3n) is 12.5. The highest BCUT2D eigenvalue weighted by Crippen LogP contribution is 2.45. The van der Waals surface area contributed by atoms with Crippen molar-refractivity contribution in [3.05, 3.63) is 217 Å². The van der Waals surface area contributed by atoms with E-state index in [1.165, 1.54) is 82.8 Å². The molecule has 0 aliphatic carbocycles. The van der Waals surface area contributed by atoms with Gasteiger partial charge in [0.2, 0.25) is 0 Å². The first-order valence-electron chi connectivity index (χ1n) is 21.8. The lowest BCUT2D eigenvalue weighted by Crippen LogP contribution is -2.12. The Morgan fingerprint density at radius 1 is 0.355 bits per heavy atom. The average molecular weight is 801 g/mol. The Balaban J connectivity index is 1.16. The standard InChI is InChI=1S/C60H52N2/c1-59(2,3)48-30-35-54-56(39-48)62(50-21-11-8-12-22-50)57-40-49(60(4,5)6)38-55(58(54)57)47-20-15-23-53(37-47)61(51-31-26-43(27-32-51)41-16-9-7-10-17-41)52-33-28-44(29-34-52)46-25-24-42-18-13-14-19-45(42)36-46/h7-40H,1-6H3. The van der Waals surface area contributed by atoms with Gasteiger partial charge in [0.15, 0.2) is 0 Å². The third-order valence-corrected chi connectivity index (χ3v) is 12.5. The maximum absolute atomic E-state index is 2.49. The highest BCUT2D eigenvalue weighted by atomic mass is 15.1. The van der Waals surface area contributed by atoms with E-state index >= 15 is 0 Å². The summed E-state index contributed by atoms with van der Waals surface area (Å²) >= 11 is 0. The molecule has 62 heavy (non-hydrogen) atoms. The fraction of sp³-hybridized carbons (Fsp3) is 0.133. The summed E-state index contributed by atoms with van der Waals surface area (Å²) in [6, 6.07) is 76.0. The monoisotopic (exact) mass is 800 g/mol. The normalized spacial score (nSPS) is 12.0. The Morgan fingerprint density at radius 3 is 1.56 bits per heavy atom. The minimum atomic E-state index is -0.0750. The molecule has 302 valence electrons. The summed E-state index contributed by atoms with van der Waals surface area (Å²) in [4.78, 5) is 2.40. The molecule has 0 N–H and O–H groups in total. The van der Waals surface area contributed by atoms with Gasteiger partial charge in [-0.15, -0.1) is 0 Å². The maximum atomic E-state index is 2.49. The van der Waals surface area contributed by atoms with Gasteiger partial charge in [-0.1, -0.05) is 175 Å². The van der Waals surface area contributed by atoms with Crippen LogP contribution in [0.25, 0.3) is 71.6 Å². The molecule has 9 aromatic carbocycles. The third kappa shape index (κ3) is 7.26. The summed E-state index contributed by atoms with van der Waals surface area (Å²) in [5.41, 5.74) is 16.7. The molecule has 0 aliphatic heterocycles. The predicted octanol–water partition coefficient (Wildman–Crippen LogP) is 17.0. The van der Waals surface area contributed by atoms with Crippen LogP contribution in [0, 0.1) is 0 Å². The Kier molecular flexibility index (Phi) is 9.68. The molecule has 0 amide bonds. The van der Waals surface area contributed by atoms with Crippen molar-refractivity contribution in [3.63, 3.8) is 0 Å². The molecule has 0 aliphatic rings. The molecule has 0 saturated carbocycles. The van der Waals surface area contributed by atoms with Crippen LogP contribution in [0.15, 0.2) is 206 Å². The van der Waals surface area contributed by atoms with Gasteiger partial charge in [-0.25, -0.2) is 0 Å². The van der Waals surface area contributed by atoms with E-state index in [1.54, 1.807) is 0 Å². The van der Waals surface area contributed by atoms with E-state index in [2.05, 4.69) is 257 Å². The Labute approximate surface area is 366 Å². The van der Waals surface area contributed by atoms with Gasteiger partial charge in [0, 0.05) is 33.5 Å². The Hall–Kier alpha value is -7.16. The molecule has 0 atom stereocenters. The van der Waals surface area contributed by atoms with Crippen LogP contribution in [0.1, 0.15) is 52.7 Å². The van der Waals surface area contributed by atoms with Crippen molar-refractivity contribution >= 4 is 49.6 Å². The zero-order valence-electron chi connectivity index (χ0n) is 36.5. The number of nitrogens with zero attached hydrogens (tertiary/aromatic N) is 2. The number of benzene rings is 9. The van der Waals surface area contributed by atoms with Crippen LogP contribution in [0.5, 0.6) is 0 Å². The highest BCUT2D eigenvalue weighted by molar-refractivity contribution is 6.16. The van der Waals surface area contributed by atoms with Crippen molar-refractivity contribution in [1.29, 1.82) is 0 Å². The number of hydrogen-bond acceptors (Lipinski definition) is 1. The molecule has 10 aromatic rings. The summed E-state index contributed by atoms with van der Waals surface area (Å²) in [5, 5.41) is 5.03. The van der Waals surface area contributed by atoms with E-state index < -0.39 is 0 Å². The molecular weight excluding hydrogens is 749 g/mol. The lowest BCUT2D eigenvalue weighted by atomic mass is 9.83. The van der Waals surface area contributed by atoms with Crippen LogP contribution in [-0.2, 0) is 10.8 Å². The quantitative estimate of drug-likeness (QED) is 0.156. The van der Waals surface area contributed by atoms with Crippen molar-refractivity contribution in [2.24, 2.45) is 0 Å². The van der Waals surface area contributed by atoms with Gasteiger partial charge in [0.25, 0.3) is 0 Å². The number of para-hydroxylation sites is 1. The second kappa shape index (κ2) is 15.4. The van der Waals surface area contributed by atoms with Gasteiger partial charge in [0.1, 0.15) is 0 Å². The van der Waals surface area contributed by atoms with Gasteiger partial charge < -0.3 is 9.47 Å². The first-order chi connectivity index (χ1) is 30.0. The SMILES string of the molecule is CC(C)(C)c1ccc2c3c(-c4cccc(N(c5ccc(-c6ccccc6)cc5)c5ccc(-c6ccc7ccccc7c6)cc5)c4)cc(C(C)(C)C)cc3n(-c3ccccc3)c2c1. The summed E-state index contributed by atoms with van der Waals surface area (Å²) in [5.74, 6) is 0. The molecule has 0 bridgehead atoms. The average Bonchev–Trinajstić information content (AvgIpc) is 3.63. The summed E-state index contributed by atoms with van der Waals surface area (Å²) in [7, 11) is 0. The number of rotatable bonds is 7. The minimum Gasteiger partial charge on any atom is -0.310 e. The molecule has 2 nitrogen and oxygen atoms in total. The molecule has 1 heterocycles. The first kappa shape index (κ1) is 39.0. The van der Waals surface area contributed by atoms with E-state index in [0.29, 0.717) is 0 Å². The topological polar surface area (TPSA) is 8.17 Å². The zero-order chi connectivity index (χ0) is 42.6. The lowest BCUT2D eigenvalue weighted by Gasteiger charge is -2.27. The number of fused-ring (bicyclic) bond motifs is 4. The van der Waals surface area contributed by atoms with Gasteiger partial charge in [-0.2, -0.15) is 0 Å². The van der Waals surface area contributed by atoms with E-state index in [1.807, 2.05) is 0 Å². The molecule has 0 saturated heterocycles.